The van der Waals surface area contributed by atoms with E-state index in [4.69, 9.17) is 15.7 Å². The highest BCUT2D eigenvalue weighted by Crippen LogP contribution is 2.40. The van der Waals surface area contributed by atoms with Gasteiger partial charge in [0.05, 0.1) is 23.5 Å². The van der Waals surface area contributed by atoms with Gasteiger partial charge in [0.25, 0.3) is 0 Å². The largest absolute Gasteiger partial charge is 0.383 e. The van der Waals surface area contributed by atoms with E-state index >= 15 is 0 Å². The molecule has 3 N–H and O–H groups in total. The van der Waals surface area contributed by atoms with Crippen molar-refractivity contribution in [2.75, 3.05) is 0 Å². The van der Waals surface area contributed by atoms with Crippen LogP contribution in [-0.2, 0) is 0 Å². The molecule has 0 radical (unpaired) electrons. The summed E-state index contributed by atoms with van der Waals surface area (Å²) in [6.07, 6.45) is 9.78. The molecule has 22 heavy (non-hydrogen) atoms. The van der Waals surface area contributed by atoms with Gasteiger partial charge in [-0.2, -0.15) is 0 Å². The summed E-state index contributed by atoms with van der Waals surface area (Å²) in [6.45, 7) is 4.56. The number of rotatable bonds is 3. The maximum absolute atomic E-state index is 6.31. The molecule has 2 saturated carbocycles. The van der Waals surface area contributed by atoms with Crippen molar-refractivity contribution in [1.82, 2.24) is 15.0 Å². The zero-order valence-electron chi connectivity index (χ0n) is 13.3. The number of aromatic nitrogens is 3. The summed E-state index contributed by atoms with van der Waals surface area (Å²) in [5.41, 5.74) is 10.2. The van der Waals surface area contributed by atoms with Gasteiger partial charge in [-0.25, -0.2) is 9.97 Å². The van der Waals surface area contributed by atoms with Gasteiger partial charge >= 0.3 is 0 Å². The SMILES string of the molecule is CC1(C)CCCC1N=C(N)c1c[nH]c2ncc(C3CC3)nc12. The zero-order chi connectivity index (χ0) is 15.3. The van der Waals surface area contributed by atoms with Gasteiger partial charge < -0.3 is 10.7 Å². The molecular formula is C17H23N5. The number of nitrogens with zero attached hydrogens (tertiary/aromatic N) is 3. The number of aliphatic imine (C=N–C) groups is 1. The molecular weight excluding hydrogens is 274 g/mol. The van der Waals surface area contributed by atoms with Crippen molar-refractivity contribution in [3.63, 3.8) is 0 Å². The molecule has 5 nitrogen and oxygen atoms in total. The summed E-state index contributed by atoms with van der Waals surface area (Å²) in [5.74, 6) is 1.18. The Labute approximate surface area is 130 Å². The topological polar surface area (TPSA) is 80.0 Å². The van der Waals surface area contributed by atoms with Crippen molar-refractivity contribution >= 4 is 17.0 Å². The van der Waals surface area contributed by atoms with E-state index in [-0.39, 0.29) is 5.41 Å². The molecule has 0 aromatic carbocycles. The van der Waals surface area contributed by atoms with Gasteiger partial charge in [-0.15, -0.1) is 0 Å². The standard InChI is InChI=1S/C17H23N5/c1-17(2)7-3-4-13(17)22-15(18)11-8-19-16-14(11)21-12(9-20-16)10-5-6-10/h8-10,13H,3-7H2,1-2H3,(H2,18,22)(H,19,20). The van der Waals surface area contributed by atoms with E-state index in [1.54, 1.807) is 0 Å². The Kier molecular flexibility index (Phi) is 2.99. The first-order valence-electron chi connectivity index (χ1n) is 8.22. The number of fused-ring (bicyclic) bond motifs is 1. The van der Waals surface area contributed by atoms with Gasteiger partial charge in [0.1, 0.15) is 11.4 Å². The first-order valence-corrected chi connectivity index (χ1v) is 8.22. The van der Waals surface area contributed by atoms with Crippen LogP contribution in [0.15, 0.2) is 17.4 Å². The van der Waals surface area contributed by atoms with Gasteiger partial charge in [0.15, 0.2) is 5.65 Å². The lowest BCUT2D eigenvalue weighted by Crippen LogP contribution is -2.25. The molecule has 0 amide bonds. The molecule has 1 atom stereocenters. The van der Waals surface area contributed by atoms with Crippen LogP contribution in [0, 0.1) is 5.41 Å². The van der Waals surface area contributed by atoms with Crippen LogP contribution in [0.1, 0.15) is 63.1 Å². The molecule has 116 valence electrons. The Morgan fingerprint density at radius 3 is 2.86 bits per heavy atom. The van der Waals surface area contributed by atoms with Gasteiger partial charge in [0.2, 0.25) is 0 Å². The number of nitrogens with one attached hydrogen (secondary N) is 1. The van der Waals surface area contributed by atoms with Crippen molar-refractivity contribution in [1.29, 1.82) is 0 Å². The van der Waals surface area contributed by atoms with Crippen molar-refractivity contribution in [3.8, 4) is 0 Å². The van der Waals surface area contributed by atoms with Crippen LogP contribution in [-0.4, -0.2) is 26.8 Å². The number of nitrogens with two attached hydrogens (primary N) is 1. The summed E-state index contributed by atoms with van der Waals surface area (Å²) < 4.78 is 0. The van der Waals surface area contributed by atoms with Crippen LogP contribution in [0.25, 0.3) is 11.2 Å². The predicted octanol–water partition coefficient (Wildman–Crippen LogP) is 3.12. The summed E-state index contributed by atoms with van der Waals surface area (Å²) in [6, 6.07) is 0.303. The number of H-pyrrole nitrogens is 1. The van der Waals surface area contributed by atoms with Crippen LogP contribution in [0.4, 0.5) is 0 Å². The molecule has 0 bridgehead atoms. The van der Waals surface area contributed by atoms with Crippen molar-refractivity contribution in [2.24, 2.45) is 16.1 Å². The van der Waals surface area contributed by atoms with Crippen molar-refractivity contribution < 1.29 is 0 Å². The Bertz CT molecular complexity index is 739. The summed E-state index contributed by atoms with van der Waals surface area (Å²) in [7, 11) is 0. The molecule has 1 unspecified atom stereocenters. The number of aromatic amines is 1. The molecule has 2 fully saturated rings. The lowest BCUT2D eigenvalue weighted by atomic mass is 9.88. The van der Waals surface area contributed by atoms with E-state index in [0.29, 0.717) is 17.8 Å². The second-order valence-corrected chi connectivity index (χ2v) is 7.38. The lowest BCUT2D eigenvalue weighted by Gasteiger charge is -2.23. The third kappa shape index (κ3) is 2.28. The van der Waals surface area contributed by atoms with E-state index in [1.807, 2.05) is 12.4 Å². The summed E-state index contributed by atoms with van der Waals surface area (Å²) in [4.78, 5) is 17.2. The first kappa shape index (κ1) is 13.7. The lowest BCUT2D eigenvalue weighted by molar-refractivity contribution is 0.334. The average molecular weight is 297 g/mol. The van der Waals surface area contributed by atoms with Crippen LogP contribution in [0.3, 0.4) is 0 Å². The van der Waals surface area contributed by atoms with Crippen molar-refractivity contribution in [2.45, 2.75) is 57.9 Å². The fourth-order valence-electron chi connectivity index (χ4n) is 3.46. The van der Waals surface area contributed by atoms with E-state index in [9.17, 15) is 0 Å². The maximum atomic E-state index is 6.31. The highest BCUT2D eigenvalue weighted by Gasteiger charge is 2.34. The minimum atomic E-state index is 0.238. The summed E-state index contributed by atoms with van der Waals surface area (Å²) >= 11 is 0. The molecule has 2 aromatic rings. The second-order valence-electron chi connectivity index (χ2n) is 7.38. The Morgan fingerprint density at radius 2 is 2.18 bits per heavy atom. The molecule has 0 aliphatic heterocycles. The van der Waals surface area contributed by atoms with Crippen LogP contribution in [0.5, 0.6) is 0 Å². The zero-order valence-corrected chi connectivity index (χ0v) is 13.3. The van der Waals surface area contributed by atoms with Crippen LogP contribution in [0.2, 0.25) is 0 Å². The van der Waals surface area contributed by atoms with Crippen LogP contribution >= 0.6 is 0 Å². The van der Waals surface area contributed by atoms with E-state index in [2.05, 4.69) is 23.8 Å². The Hall–Kier alpha value is -1.91. The van der Waals surface area contributed by atoms with Gasteiger partial charge in [-0.3, -0.25) is 4.99 Å². The highest BCUT2D eigenvalue weighted by molar-refractivity contribution is 6.06. The molecule has 2 aromatic heterocycles. The number of hydrogen-bond acceptors (Lipinski definition) is 3. The quantitative estimate of drug-likeness (QED) is 0.674. The molecule has 5 heteroatoms. The second kappa shape index (κ2) is 4.80. The minimum absolute atomic E-state index is 0.238. The third-order valence-corrected chi connectivity index (χ3v) is 5.17. The third-order valence-electron chi connectivity index (χ3n) is 5.17. The monoisotopic (exact) mass is 297 g/mol. The van der Waals surface area contributed by atoms with Gasteiger partial charge in [-0.05, 0) is 31.1 Å². The Morgan fingerprint density at radius 1 is 1.36 bits per heavy atom. The fraction of sp³-hybridized carbons (Fsp3) is 0.588. The van der Waals surface area contributed by atoms with Crippen LogP contribution < -0.4 is 5.73 Å². The maximum Gasteiger partial charge on any atom is 0.156 e. The van der Waals surface area contributed by atoms with E-state index < -0.39 is 0 Å². The normalized spacial score (nSPS) is 25.0. The molecule has 2 aliphatic rings. The fourth-order valence-corrected chi connectivity index (χ4v) is 3.46. The smallest absolute Gasteiger partial charge is 0.156 e. The van der Waals surface area contributed by atoms with Gasteiger partial charge in [-0.1, -0.05) is 20.3 Å². The summed E-state index contributed by atoms with van der Waals surface area (Å²) in [5, 5.41) is 0. The van der Waals surface area contributed by atoms with Crippen molar-refractivity contribution in [3.05, 3.63) is 23.7 Å². The Balaban J connectivity index is 1.72. The highest BCUT2D eigenvalue weighted by atomic mass is 15.0. The van der Waals surface area contributed by atoms with Gasteiger partial charge in [0, 0.05) is 12.1 Å². The molecule has 2 aliphatic carbocycles. The van der Waals surface area contributed by atoms with E-state index in [1.165, 1.54) is 25.7 Å². The molecule has 2 heterocycles. The molecule has 0 spiro atoms. The van der Waals surface area contributed by atoms with E-state index in [0.717, 1.165) is 28.8 Å². The number of amidine groups is 1. The predicted molar refractivity (Wildman–Crippen MR) is 88.0 cm³/mol. The molecule has 0 saturated heterocycles. The molecule has 4 rings (SSSR count). The minimum Gasteiger partial charge on any atom is -0.383 e. The first-order chi connectivity index (χ1) is 10.5. The number of hydrogen-bond donors (Lipinski definition) is 2. The average Bonchev–Trinajstić information content (AvgIpc) is 3.17.